The number of benzene rings is 2. The maximum atomic E-state index is 4.69. The van der Waals surface area contributed by atoms with Crippen molar-refractivity contribution < 1.29 is 0 Å². The van der Waals surface area contributed by atoms with Crippen molar-refractivity contribution >= 4 is 37.5 Å². The molecule has 0 N–H and O–H groups in total. The van der Waals surface area contributed by atoms with Gasteiger partial charge in [0.15, 0.2) is 0 Å². The first kappa shape index (κ1) is 12.6. The molecular formula is C16H12BrNS. The second kappa shape index (κ2) is 5.27. The van der Waals surface area contributed by atoms with Crippen molar-refractivity contribution in [2.45, 2.75) is 6.42 Å². The predicted molar refractivity (Wildman–Crippen MR) is 86.7 cm³/mol. The summed E-state index contributed by atoms with van der Waals surface area (Å²) in [5.41, 5.74) is 3.48. The standard InChI is InChI=1S/C16H12BrNS/c1-2-5-11-10-12(8-9-13(11)17)16-18-14-6-3-4-7-15(14)19-16/h2-4,6-10H,1,5H2. The Bertz CT molecular complexity index is 712. The first-order valence-electron chi connectivity index (χ1n) is 6.03. The van der Waals surface area contributed by atoms with Gasteiger partial charge in [0.25, 0.3) is 0 Å². The summed E-state index contributed by atoms with van der Waals surface area (Å²) in [6, 6.07) is 14.6. The molecule has 3 aromatic rings. The molecule has 0 aliphatic heterocycles. The summed E-state index contributed by atoms with van der Waals surface area (Å²) in [6.07, 6.45) is 2.78. The van der Waals surface area contributed by atoms with Crippen LogP contribution >= 0.6 is 27.3 Å². The topological polar surface area (TPSA) is 12.9 Å². The van der Waals surface area contributed by atoms with E-state index in [1.54, 1.807) is 11.3 Å². The fourth-order valence-corrected chi connectivity index (χ4v) is 3.39. The van der Waals surface area contributed by atoms with E-state index in [1.165, 1.54) is 15.8 Å². The van der Waals surface area contributed by atoms with E-state index in [1.807, 2.05) is 12.1 Å². The lowest BCUT2D eigenvalue weighted by Crippen LogP contribution is -1.85. The highest BCUT2D eigenvalue weighted by molar-refractivity contribution is 9.10. The lowest BCUT2D eigenvalue weighted by molar-refractivity contribution is 1.25. The molecule has 1 heterocycles. The van der Waals surface area contributed by atoms with Gasteiger partial charge in [0.2, 0.25) is 0 Å². The number of fused-ring (bicyclic) bond motifs is 1. The van der Waals surface area contributed by atoms with Crippen LogP contribution in [0.1, 0.15) is 5.56 Å². The van der Waals surface area contributed by atoms with E-state index >= 15 is 0 Å². The van der Waals surface area contributed by atoms with Crippen LogP contribution in [0, 0.1) is 0 Å². The Labute approximate surface area is 124 Å². The summed E-state index contributed by atoms with van der Waals surface area (Å²) < 4.78 is 2.35. The Balaban J connectivity index is 2.10. The fourth-order valence-electron chi connectivity index (χ4n) is 2.02. The maximum Gasteiger partial charge on any atom is 0.124 e. The molecule has 3 rings (SSSR count). The zero-order chi connectivity index (χ0) is 13.2. The van der Waals surface area contributed by atoms with E-state index in [9.17, 15) is 0 Å². The lowest BCUT2D eigenvalue weighted by Gasteiger charge is -2.03. The van der Waals surface area contributed by atoms with Crippen molar-refractivity contribution in [3.63, 3.8) is 0 Å². The average molecular weight is 330 g/mol. The molecule has 3 heteroatoms. The van der Waals surface area contributed by atoms with Crippen molar-refractivity contribution in [2.24, 2.45) is 0 Å². The molecule has 94 valence electrons. The minimum atomic E-state index is 0.860. The van der Waals surface area contributed by atoms with Gasteiger partial charge in [-0.1, -0.05) is 40.2 Å². The van der Waals surface area contributed by atoms with Crippen LogP contribution in [0.5, 0.6) is 0 Å². The van der Waals surface area contributed by atoms with E-state index in [0.29, 0.717) is 0 Å². The number of thiazole rings is 1. The smallest absolute Gasteiger partial charge is 0.124 e. The minimum Gasteiger partial charge on any atom is -0.236 e. The monoisotopic (exact) mass is 329 g/mol. The van der Waals surface area contributed by atoms with E-state index < -0.39 is 0 Å². The quantitative estimate of drug-likeness (QED) is 0.582. The number of nitrogens with zero attached hydrogens (tertiary/aromatic N) is 1. The van der Waals surface area contributed by atoms with Crippen LogP contribution in [-0.4, -0.2) is 4.98 Å². The molecular weight excluding hydrogens is 318 g/mol. The molecule has 0 aliphatic rings. The predicted octanol–water partition coefficient (Wildman–Crippen LogP) is 5.45. The van der Waals surface area contributed by atoms with Crippen LogP contribution in [0.25, 0.3) is 20.8 Å². The summed E-state index contributed by atoms with van der Waals surface area (Å²) in [5.74, 6) is 0. The first-order chi connectivity index (χ1) is 9.28. The van der Waals surface area contributed by atoms with E-state index in [4.69, 9.17) is 4.98 Å². The van der Waals surface area contributed by atoms with Gasteiger partial charge in [0.05, 0.1) is 10.2 Å². The van der Waals surface area contributed by atoms with Crippen molar-refractivity contribution in [3.05, 3.63) is 65.2 Å². The van der Waals surface area contributed by atoms with Crippen LogP contribution in [0.2, 0.25) is 0 Å². The van der Waals surface area contributed by atoms with Crippen LogP contribution in [0.15, 0.2) is 59.6 Å². The maximum absolute atomic E-state index is 4.69. The molecule has 0 saturated carbocycles. The number of para-hydroxylation sites is 1. The van der Waals surface area contributed by atoms with Crippen LogP contribution in [0.4, 0.5) is 0 Å². The Morgan fingerprint density at radius 2 is 2.05 bits per heavy atom. The molecule has 0 bridgehead atoms. The van der Waals surface area contributed by atoms with E-state index in [0.717, 1.165) is 21.4 Å². The number of halogens is 1. The molecule has 2 aromatic carbocycles. The second-order valence-corrected chi connectivity index (χ2v) is 6.17. The number of rotatable bonds is 3. The Kier molecular flexibility index (Phi) is 3.49. The van der Waals surface area contributed by atoms with E-state index in [2.05, 4.69) is 58.9 Å². The third-order valence-electron chi connectivity index (χ3n) is 2.95. The third kappa shape index (κ3) is 2.48. The highest BCUT2D eigenvalue weighted by Crippen LogP contribution is 2.32. The largest absolute Gasteiger partial charge is 0.236 e. The summed E-state index contributed by atoms with van der Waals surface area (Å²) in [6.45, 7) is 3.80. The Morgan fingerprint density at radius 3 is 2.84 bits per heavy atom. The molecule has 0 radical (unpaired) electrons. The Morgan fingerprint density at radius 1 is 1.21 bits per heavy atom. The lowest BCUT2D eigenvalue weighted by atomic mass is 10.1. The third-order valence-corrected chi connectivity index (χ3v) is 4.81. The molecule has 1 aromatic heterocycles. The van der Waals surface area contributed by atoms with Gasteiger partial charge in [0, 0.05) is 10.0 Å². The number of hydrogen-bond acceptors (Lipinski definition) is 2. The second-order valence-electron chi connectivity index (χ2n) is 4.29. The van der Waals surface area contributed by atoms with Crippen molar-refractivity contribution in [1.82, 2.24) is 4.98 Å². The van der Waals surface area contributed by atoms with Crippen LogP contribution in [0.3, 0.4) is 0 Å². The molecule has 0 saturated heterocycles. The summed E-state index contributed by atoms with van der Waals surface area (Å²) >= 11 is 5.30. The molecule has 1 nitrogen and oxygen atoms in total. The molecule has 0 aliphatic carbocycles. The number of aromatic nitrogens is 1. The Hall–Kier alpha value is -1.45. The normalized spacial score (nSPS) is 10.8. The van der Waals surface area contributed by atoms with Crippen LogP contribution in [-0.2, 0) is 6.42 Å². The van der Waals surface area contributed by atoms with Gasteiger partial charge in [-0.25, -0.2) is 4.98 Å². The molecule has 0 unspecified atom stereocenters. The fraction of sp³-hybridized carbons (Fsp3) is 0.0625. The summed E-state index contributed by atoms with van der Waals surface area (Å²) in [5, 5.41) is 1.07. The van der Waals surface area contributed by atoms with Crippen molar-refractivity contribution in [2.75, 3.05) is 0 Å². The van der Waals surface area contributed by atoms with Gasteiger partial charge in [-0.05, 0) is 36.2 Å². The molecule has 0 atom stereocenters. The SMILES string of the molecule is C=CCc1cc(-c2nc3ccccc3s2)ccc1Br. The number of allylic oxidation sites excluding steroid dienone is 1. The highest BCUT2D eigenvalue weighted by Gasteiger charge is 2.07. The molecule has 0 spiro atoms. The van der Waals surface area contributed by atoms with E-state index in [-0.39, 0.29) is 0 Å². The van der Waals surface area contributed by atoms with Gasteiger partial charge in [-0.15, -0.1) is 17.9 Å². The molecule has 0 amide bonds. The van der Waals surface area contributed by atoms with Crippen molar-refractivity contribution in [1.29, 1.82) is 0 Å². The van der Waals surface area contributed by atoms with Gasteiger partial charge < -0.3 is 0 Å². The van der Waals surface area contributed by atoms with Gasteiger partial charge in [-0.2, -0.15) is 0 Å². The van der Waals surface area contributed by atoms with Crippen LogP contribution < -0.4 is 0 Å². The molecule has 0 fully saturated rings. The average Bonchev–Trinajstić information content (AvgIpc) is 2.85. The highest BCUT2D eigenvalue weighted by atomic mass is 79.9. The van der Waals surface area contributed by atoms with Gasteiger partial charge in [0.1, 0.15) is 5.01 Å². The first-order valence-corrected chi connectivity index (χ1v) is 7.64. The summed E-state index contributed by atoms with van der Waals surface area (Å²) in [7, 11) is 0. The summed E-state index contributed by atoms with van der Waals surface area (Å²) in [4.78, 5) is 4.69. The number of hydrogen-bond donors (Lipinski definition) is 0. The zero-order valence-corrected chi connectivity index (χ0v) is 12.7. The molecule has 19 heavy (non-hydrogen) atoms. The van der Waals surface area contributed by atoms with Crippen molar-refractivity contribution in [3.8, 4) is 10.6 Å². The zero-order valence-electron chi connectivity index (χ0n) is 10.3. The minimum absolute atomic E-state index is 0.860. The van der Waals surface area contributed by atoms with Gasteiger partial charge >= 0.3 is 0 Å². The van der Waals surface area contributed by atoms with Gasteiger partial charge in [-0.3, -0.25) is 0 Å².